The highest BCUT2D eigenvalue weighted by atomic mass is 32.2. The second kappa shape index (κ2) is 15.0. The Hall–Kier alpha value is -1.85. The summed E-state index contributed by atoms with van der Waals surface area (Å²) in [4.78, 5) is 48.7. The highest BCUT2D eigenvalue weighted by molar-refractivity contribution is 7.98. The molecular formula is C19H37N5O5S. The molecule has 0 heterocycles. The Bertz CT molecular complexity index is 576. The standard InChI is InChI=1S/C19H37N5O5S/c1-11(2)15(18(27)22-12(3)19(28)29)24-17(26)14(7-5-6-9-20)23-16(25)13(21)8-10-30-4/h11-15H,5-10,20-21H2,1-4H3,(H,22,27)(H,23,25)(H,24,26)(H,28,29). The Morgan fingerprint density at radius 1 is 0.933 bits per heavy atom. The second-order valence-electron chi connectivity index (χ2n) is 7.53. The maximum atomic E-state index is 12.9. The molecule has 0 bridgehead atoms. The van der Waals surface area contributed by atoms with E-state index in [0.717, 1.165) is 5.75 Å². The lowest BCUT2D eigenvalue weighted by atomic mass is 10.0. The molecule has 10 nitrogen and oxygen atoms in total. The molecule has 0 radical (unpaired) electrons. The van der Waals surface area contributed by atoms with Crippen molar-refractivity contribution in [2.24, 2.45) is 17.4 Å². The first-order valence-corrected chi connectivity index (χ1v) is 11.5. The molecule has 4 unspecified atom stereocenters. The summed E-state index contributed by atoms with van der Waals surface area (Å²) in [5.74, 6) is -2.30. The van der Waals surface area contributed by atoms with Crippen LogP contribution < -0.4 is 27.4 Å². The number of thioether (sulfide) groups is 1. The highest BCUT2D eigenvalue weighted by Gasteiger charge is 2.30. The predicted octanol–water partition coefficient (Wildman–Crippen LogP) is -0.589. The Balaban J connectivity index is 5.21. The van der Waals surface area contributed by atoms with E-state index in [1.165, 1.54) is 6.92 Å². The third kappa shape index (κ3) is 10.8. The number of carboxylic acids is 1. The molecule has 4 atom stereocenters. The third-order valence-electron chi connectivity index (χ3n) is 4.53. The van der Waals surface area contributed by atoms with E-state index in [-0.39, 0.29) is 5.92 Å². The van der Waals surface area contributed by atoms with Gasteiger partial charge in [0.15, 0.2) is 0 Å². The lowest BCUT2D eigenvalue weighted by Crippen LogP contribution is -2.58. The molecule has 0 aliphatic heterocycles. The first-order chi connectivity index (χ1) is 14.0. The second-order valence-corrected chi connectivity index (χ2v) is 8.52. The van der Waals surface area contributed by atoms with Crippen LogP contribution in [-0.4, -0.2) is 71.5 Å². The third-order valence-corrected chi connectivity index (χ3v) is 5.17. The van der Waals surface area contributed by atoms with Crippen LogP contribution in [0.1, 0.15) is 46.5 Å². The fourth-order valence-corrected chi connectivity index (χ4v) is 3.06. The summed E-state index contributed by atoms with van der Waals surface area (Å²) < 4.78 is 0. The van der Waals surface area contributed by atoms with Crippen LogP contribution in [0.25, 0.3) is 0 Å². The minimum atomic E-state index is -1.18. The van der Waals surface area contributed by atoms with E-state index in [1.807, 2.05) is 6.26 Å². The van der Waals surface area contributed by atoms with Crippen molar-refractivity contribution in [1.29, 1.82) is 0 Å². The van der Waals surface area contributed by atoms with Crippen molar-refractivity contribution in [2.75, 3.05) is 18.6 Å². The SMILES string of the molecule is CSCCC(N)C(=O)NC(CCCCN)C(=O)NC(C(=O)NC(C)C(=O)O)C(C)C. The minimum Gasteiger partial charge on any atom is -0.480 e. The van der Waals surface area contributed by atoms with Gasteiger partial charge in [-0.3, -0.25) is 19.2 Å². The zero-order valence-electron chi connectivity index (χ0n) is 18.3. The minimum absolute atomic E-state index is 0.292. The van der Waals surface area contributed by atoms with E-state index in [0.29, 0.717) is 32.2 Å². The summed E-state index contributed by atoms with van der Waals surface area (Å²) in [6.45, 7) is 5.26. The highest BCUT2D eigenvalue weighted by Crippen LogP contribution is 2.07. The Kier molecular flexibility index (Phi) is 14.1. The van der Waals surface area contributed by atoms with Crippen LogP contribution in [0.2, 0.25) is 0 Å². The van der Waals surface area contributed by atoms with Crippen LogP contribution in [0.4, 0.5) is 0 Å². The molecule has 0 aromatic carbocycles. The van der Waals surface area contributed by atoms with Crippen LogP contribution in [-0.2, 0) is 19.2 Å². The van der Waals surface area contributed by atoms with Gasteiger partial charge in [0.2, 0.25) is 17.7 Å². The molecule has 11 heteroatoms. The molecule has 0 spiro atoms. The molecule has 0 saturated heterocycles. The van der Waals surface area contributed by atoms with Gasteiger partial charge >= 0.3 is 5.97 Å². The van der Waals surface area contributed by atoms with Crippen molar-refractivity contribution < 1.29 is 24.3 Å². The van der Waals surface area contributed by atoms with Gasteiger partial charge in [0.1, 0.15) is 18.1 Å². The summed E-state index contributed by atoms with van der Waals surface area (Å²) in [7, 11) is 0. The van der Waals surface area contributed by atoms with Gasteiger partial charge < -0.3 is 32.5 Å². The average molecular weight is 448 g/mol. The van der Waals surface area contributed by atoms with E-state index in [1.54, 1.807) is 25.6 Å². The fourth-order valence-electron chi connectivity index (χ4n) is 2.57. The molecule has 174 valence electrons. The number of rotatable bonds is 15. The van der Waals surface area contributed by atoms with E-state index in [2.05, 4.69) is 16.0 Å². The van der Waals surface area contributed by atoms with Crippen molar-refractivity contribution in [3.63, 3.8) is 0 Å². The predicted molar refractivity (Wildman–Crippen MR) is 118 cm³/mol. The van der Waals surface area contributed by atoms with Gasteiger partial charge in [0.05, 0.1) is 6.04 Å². The number of nitrogens with one attached hydrogen (secondary N) is 3. The van der Waals surface area contributed by atoms with Gasteiger partial charge in [0, 0.05) is 0 Å². The van der Waals surface area contributed by atoms with Crippen LogP contribution in [0.3, 0.4) is 0 Å². The number of carbonyl (C=O) groups excluding carboxylic acids is 3. The monoisotopic (exact) mass is 447 g/mol. The summed E-state index contributed by atoms with van der Waals surface area (Å²) >= 11 is 1.57. The fraction of sp³-hybridized carbons (Fsp3) is 0.789. The Morgan fingerprint density at radius 3 is 2.07 bits per heavy atom. The van der Waals surface area contributed by atoms with Crippen molar-refractivity contribution in [3.05, 3.63) is 0 Å². The molecular weight excluding hydrogens is 410 g/mol. The van der Waals surface area contributed by atoms with Gasteiger partial charge in [-0.2, -0.15) is 11.8 Å². The van der Waals surface area contributed by atoms with Gasteiger partial charge in [-0.15, -0.1) is 0 Å². The van der Waals surface area contributed by atoms with Crippen LogP contribution >= 0.6 is 11.8 Å². The van der Waals surface area contributed by atoms with Gasteiger partial charge in [0.25, 0.3) is 0 Å². The lowest BCUT2D eigenvalue weighted by molar-refractivity contribution is -0.142. The number of amides is 3. The molecule has 0 saturated carbocycles. The number of unbranched alkanes of at least 4 members (excludes halogenated alkanes) is 1. The van der Waals surface area contributed by atoms with Crippen molar-refractivity contribution in [3.8, 4) is 0 Å². The van der Waals surface area contributed by atoms with Crippen LogP contribution in [0.5, 0.6) is 0 Å². The van der Waals surface area contributed by atoms with Crippen LogP contribution in [0, 0.1) is 5.92 Å². The average Bonchev–Trinajstić information content (AvgIpc) is 2.68. The van der Waals surface area contributed by atoms with Crippen LogP contribution in [0.15, 0.2) is 0 Å². The Morgan fingerprint density at radius 2 is 1.57 bits per heavy atom. The van der Waals surface area contributed by atoms with Gasteiger partial charge in [-0.05, 0) is 57.1 Å². The van der Waals surface area contributed by atoms with Gasteiger partial charge in [-0.25, -0.2) is 0 Å². The molecule has 0 aliphatic carbocycles. The maximum absolute atomic E-state index is 12.9. The van der Waals surface area contributed by atoms with E-state index >= 15 is 0 Å². The normalized spacial score (nSPS) is 15.0. The topological polar surface area (TPSA) is 177 Å². The first kappa shape index (κ1) is 28.1. The van der Waals surface area contributed by atoms with E-state index in [4.69, 9.17) is 16.6 Å². The quantitative estimate of drug-likeness (QED) is 0.180. The maximum Gasteiger partial charge on any atom is 0.325 e. The largest absolute Gasteiger partial charge is 0.480 e. The molecule has 0 aromatic rings. The molecule has 0 aliphatic rings. The first-order valence-electron chi connectivity index (χ1n) is 10.1. The number of carboxylic acid groups (broad SMARTS) is 1. The summed E-state index contributed by atoms with van der Waals surface area (Å²) in [6, 6.07) is -3.64. The lowest BCUT2D eigenvalue weighted by Gasteiger charge is -2.26. The number of nitrogens with two attached hydrogens (primary N) is 2. The van der Waals surface area contributed by atoms with Crippen molar-refractivity contribution in [2.45, 2.75) is 70.6 Å². The van der Waals surface area contributed by atoms with E-state index < -0.39 is 47.9 Å². The van der Waals surface area contributed by atoms with E-state index in [9.17, 15) is 19.2 Å². The molecule has 0 rings (SSSR count). The summed E-state index contributed by atoms with van der Waals surface area (Å²) in [5.41, 5.74) is 11.4. The number of hydrogen-bond donors (Lipinski definition) is 6. The number of carbonyl (C=O) groups is 4. The number of hydrogen-bond acceptors (Lipinski definition) is 7. The molecule has 8 N–H and O–H groups in total. The zero-order chi connectivity index (χ0) is 23.3. The summed E-state index contributed by atoms with van der Waals surface area (Å²) in [5, 5.41) is 16.7. The molecule has 3 amide bonds. The molecule has 0 aromatic heterocycles. The molecule has 0 fully saturated rings. The Labute approximate surface area is 182 Å². The van der Waals surface area contributed by atoms with Gasteiger partial charge in [-0.1, -0.05) is 13.8 Å². The smallest absolute Gasteiger partial charge is 0.325 e. The summed E-state index contributed by atoms with van der Waals surface area (Å²) in [6.07, 6.45) is 4.04. The molecule has 30 heavy (non-hydrogen) atoms. The zero-order valence-corrected chi connectivity index (χ0v) is 19.1. The van der Waals surface area contributed by atoms with Crippen molar-refractivity contribution >= 4 is 35.5 Å². The van der Waals surface area contributed by atoms with Crippen molar-refractivity contribution in [1.82, 2.24) is 16.0 Å². The number of aliphatic carboxylic acids is 1.